The van der Waals surface area contributed by atoms with E-state index < -0.39 is 0 Å². The number of carbonyl (C=O) groups excluding carboxylic acids is 1. The Morgan fingerprint density at radius 3 is 2.95 bits per heavy atom. The fourth-order valence-corrected chi connectivity index (χ4v) is 3.02. The molecule has 2 N–H and O–H groups in total. The van der Waals surface area contributed by atoms with Crippen LogP contribution in [0.25, 0.3) is 11.0 Å². The predicted octanol–water partition coefficient (Wildman–Crippen LogP) is 2.56. The van der Waals surface area contributed by atoms with Crippen molar-refractivity contribution < 1.29 is 4.79 Å². The number of amides is 1. The Labute approximate surface area is 131 Å². The Hall–Kier alpha value is -1.88. The van der Waals surface area contributed by atoms with Crippen molar-refractivity contribution in [3.63, 3.8) is 0 Å². The molecule has 0 aliphatic carbocycles. The first-order chi connectivity index (χ1) is 10.8. The van der Waals surface area contributed by atoms with E-state index in [1.54, 1.807) is 6.33 Å². The summed E-state index contributed by atoms with van der Waals surface area (Å²) in [6.45, 7) is 4.40. The Morgan fingerprint density at radius 2 is 2.09 bits per heavy atom. The SMILES string of the molecule is O=C(NCCCCN1CCCCC1)c1ccc2nc[nH]c2c1. The molecule has 1 aliphatic rings. The summed E-state index contributed by atoms with van der Waals surface area (Å²) in [5.74, 6) is -0.00512. The predicted molar refractivity (Wildman–Crippen MR) is 88.0 cm³/mol. The minimum absolute atomic E-state index is 0.00512. The van der Waals surface area contributed by atoms with Crippen LogP contribution < -0.4 is 5.32 Å². The van der Waals surface area contributed by atoms with Crippen molar-refractivity contribution in [3.8, 4) is 0 Å². The first kappa shape index (κ1) is 15.0. The van der Waals surface area contributed by atoms with E-state index in [9.17, 15) is 4.79 Å². The molecule has 0 atom stereocenters. The summed E-state index contributed by atoms with van der Waals surface area (Å²) in [7, 11) is 0. The van der Waals surface area contributed by atoms with Crippen LogP contribution >= 0.6 is 0 Å². The second-order valence-electron chi connectivity index (χ2n) is 6.00. The minimum Gasteiger partial charge on any atom is -0.352 e. The number of hydrogen-bond acceptors (Lipinski definition) is 3. The average molecular weight is 300 g/mol. The third kappa shape index (κ3) is 3.85. The molecule has 1 amide bonds. The maximum atomic E-state index is 12.1. The number of aromatic amines is 1. The smallest absolute Gasteiger partial charge is 0.251 e. The summed E-state index contributed by atoms with van der Waals surface area (Å²) >= 11 is 0. The molecule has 0 unspecified atom stereocenters. The van der Waals surface area contributed by atoms with E-state index in [0.29, 0.717) is 5.56 Å². The van der Waals surface area contributed by atoms with Crippen molar-refractivity contribution in [1.82, 2.24) is 20.2 Å². The van der Waals surface area contributed by atoms with Gasteiger partial charge in [0.25, 0.3) is 5.91 Å². The van der Waals surface area contributed by atoms with Gasteiger partial charge < -0.3 is 15.2 Å². The molecular formula is C17H24N4O. The van der Waals surface area contributed by atoms with Crippen molar-refractivity contribution in [2.45, 2.75) is 32.1 Å². The Bertz CT molecular complexity index is 616. The van der Waals surface area contributed by atoms with Crippen LogP contribution in [0.2, 0.25) is 0 Å². The lowest BCUT2D eigenvalue weighted by atomic mass is 10.1. The quantitative estimate of drug-likeness (QED) is 0.806. The molecule has 0 spiro atoms. The number of hydrogen-bond donors (Lipinski definition) is 2. The zero-order chi connectivity index (χ0) is 15.2. The summed E-state index contributed by atoms with van der Waals surface area (Å²) < 4.78 is 0. The van der Waals surface area contributed by atoms with Crippen molar-refractivity contribution in [2.75, 3.05) is 26.2 Å². The zero-order valence-corrected chi connectivity index (χ0v) is 13.0. The molecule has 0 radical (unpaired) electrons. The van der Waals surface area contributed by atoms with Gasteiger partial charge in [-0.25, -0.2) is 4.98 Å². The molecule has 1 fully saturated rings. The molecule has 22 heavy (non-hydrogen) atoms. The number of rotatable bonds is 6. The van der Waals surface area contributed by atoms with E-state index in [4.69, 9.17) is 0 Å². The lowest BCUT2D eigenvalue weighted by Crippen LogP contribution is -2.31. The summed E-state index contributed by atoms with van der Waals surface area (Å²) in [6.07, 6.45) is 7.90. The number of likely N-dealkylation sites (tertiary alicyclic amines) is 1. The number of carbonyl (C=O) groups is 1. The van der Waals surface area contributed by atoms with Crippen LogP contribution in [-0.2, 0) is 0 Å². The molecule has 1 aromatic heterocycles. The van der Waals surface area contributed by atoms with Crippen LogP contribution in [0.5, 0.6) is 0 Å². The molecule has 3 rings (SSSR count). The van der Waals surface area contributed by atoms with E-state index in [0.717, 1.165) is 37.0 Å². The van der Waals surface area contributed by atoms with E-state index in [-0.39, 0.29) is 5.91 Å². The maximum Gasteiger partial charge on any atom is 0.251 e. The summed E-state index contributed by atoms with van der Waals surface area (Å²) in [6, 6.07) is 5.55. The van der Waals surface area contributed by atoms with Crippen molar-refractivity contribution >= 4 is 16.9 Å². The zero-order valence-electron chi connectivity index (χ0n) is 13.0. The second-order valence-corrected chi connectivity index (χ2v) is 6.00. The lowest BCUT2D eigenvalue weighted by molar-refractivity contribution is 0.0952. The van der Waals surface area contributed by atoms with Crippen LogP contribution in [0.15, 0.2) is 24.5 Å². The maximum absolute atomic E-state index is 12.1. The van der Waals surface area contributed by atoms with Gasteiger partial charge in [0.2, 0.25) is 0 Å². The topological polar surface area (TPSA) is 61.0 Å². The van der Waals surface area contributed by atoms with Crippen LogP contribution in [0.4, 0.5) is 0 Å². The number of fused-ring (bicyclic) bond motifs is 1. The minimum atomic E-state index is -0.00512. The van der Waals surface area contributed by atoms with E-state index >= 15 is 0 Å². The molecule has 0 saturated carbocycles. The molecule has 1 aromatic carbocycles. The number of nitrogens with zero attached hydrogens (tertiary/aromatic N) is 2. The highest BCUT2D eigenvalue weighted by molar-refractivity contribution is 5.97. The van der Waals surface area contributed by atoms with Crippen molar-refractivity contribution in [3.05, 3.63) is 30.1 Å². The van der Waals surface area contributed by atoms with Gasteiger partial charge in [-0.2, -0.15) is 0 Å². The highest BCUT2D eigenvalue weighted by atomic mass is 16.1. The number of aromatic nitrogens is 2. The lowest BCUT2D eigenvalue weighted by Gasteiger charge is -2.26. The van der Waals surface area contributed by atoms with Crippen molar-refractivity contribution in [2.24, 2.45) is 0 Å². The van der Waals surface area contributed by atoms with E-state index in [1.165, 1.54) is 32.4 Å². The van der Waals surface area contributed by atoms with E-state index in [1.807, 2.05) is 18.2 Å². The fraction of sp³-hybridized carbons (Fsp3) is 0.529. The number of benzene rings is 1. The van der Waals surface area contributed by atoms with Crippen LogP contribution in [-0.4, -0.2) is 47.0 Å². The van der Waals surface area contributed by atoms with Gasteiger partial charge in [0.05, 0.1) is 17.4 Å². The largest absolute Gasteiger partial charge is 0.352 e. The molecule has 5 heteroatoms. The van der Waals surface area contributed by atoms with Gasteiger partial charge in [-0.05, 0) is 63.5 Å². The molecular weight excluding hydrogens is 276 g/mol. The van der Waals surface area contributed by atoms with Gasteiger partial charge >= 0.3 is 0 Å². The van der Waals surface area contributed by atoms with Gasteiger partial charge in [-0.3, -0.25) is 4.79 Å². The Balaban J connectivity index is 1.38. The third-order valence-corrected chi connectivity index (χ3v) is 4.32. The number of unbranched alkanes of at least 4 members (excludes halogenated alkanes) is 1. The number of nitrogens with one attached hydrogen (secondary N) is 2. The highest BCUT2D eigenvalue weighted by Gasteiger charge is 2.09. The third-order valence-electron chi connectivity index (χ3n) is 4.32. The summed E-state index contributed by atoms with van der Waals surface area (Å²) in [4.78, 5) is 21.8. The van der Waals surface area contributed by atoms with Crippen LogP contribution in [0.3, 0.4) is 0 Å². The first-order valence-corrected chi connectivity index (χ1v) is 8.26. The molecule has 1 aliphatic heterocycles. The Morgan fingerprint density at radius 1 is 1.23 bits per heavy atom. The van der Waals surface area contributed by atoms with Gasteiger partial charge in [-0.15, -0.1) is 0 Å². The highest BCUT2D eigenvalue weighted by Crippen LogP contribution is 2.12. The molecule has 1 saturated heterocycles. The standard InChI is InChI=1S/C17H24N4O/c22-17(14-6-7-15-16(12-14)20-13-19-15)18-8-2-5-11-21-9-3-1-4-10-21/h6-7,12-13H,1-5,8-11H2,(H,18,22)(H,19,20). The summed E-state index contributed by atoms with van der Waals surface area (Å²) in [5.41, 5.74) is 2.48. The fourth-order valence-electron chi connectivity index (χ4n) is 3.02. The molecule has 118 valence electrons. The normalized spacial score (nSPS) is 16.0. The van der Waals surface area contributed by atoms with Gasteiger partial charge in [0.15, 0.2) is 0 Å². The first-order valence-electron chi connectivity index (χ1n) is 8.26. The van der Waals surface area contributed by atoms with Gasteiger partial charge in [0.1, 0.15) is 0 Å². The van der Waals surface area contributed by atoms with Crippen LogP contribution in [0, 0.1) is 0 Å². The second kappa shape index (κ2) is 7.40. The number of piperidine rings is 1. The molecule has 5 nitrogen and oxygen atoms in total. The number of imidazole rings is 1. The van der Waals surface area contributed by atoms with Gasteiger partial charge in [0, 0.05) is 12.1 Å². The Kier molecular flexibility index (Phi) is 5.06. The molecule has 0 bridgehead atoms. The molecule has 2 aromatic rings. The average Bonchev–Trinajstić information content (AvgIpc) is 3.03. The van der Waals surface area contributed by atoms with Gasteiger partial charge in [-0.1, -0.05) is 6.42 Å². The molecule has 2 heterocycles. The van der Waals surface area contributed by atoms with Crippen LogP contribution in [0.1, 0.15) is 42.5 Å². The van der Waals surface area contributed by atoms with E-state index in [2.05, 4.69) is 20.2 Å². The summed E-state index contributed by atoms with van der Waals surface area (Å²) in [5, 5.41) is 3.00. The number of H-pyrrole nitrogens is 1. The van der Waals surface area contributed by atoms with Crippen molar-refractivity contribution in [1.29, 1.82) is 0 Å². The monoisotopic (exact) mass is 300 g/mol.